The first kappa shape index (κ1) is 18.5. The molecule has 2 aliphatic heterocycles. The Morgan fingerprint density at radius 1 is 1.03 bits per heavy atom. The quantitative estimate of drug-likeness (QED) is 0.589. The van der Waals surface area contributed by atoms with Crippen molar-refractivity contribution in [2.45, 2.75) is 45.0 Å². The molecule has 0 saturated carbocycles. The molecule has 0 N–H and O–H groups in total. The van der Waals surface area contributed by atoms with Crippen molar-refractivity contribution in [2.75, 3.05) is 6.54 Å². The van der Waals surface area contributed by atoms with E-state index in [0.717, 1.165) is 12.2 Å². The van der Waals surface area contributed by atoms with Gasteiger partial charge in [-0.1, -0.05) is 42.4 Å². The highest BCUT2D eigenvalue weighted by Gasteiger charge is 2.44. The third-order valence-electron chi connectivity index (χ3n) is 5.96. The minimum absolute atomic E-state index is 0.0400. The average Bonchev–Trinajstić information content (AvgIpc) is 3.33. The molecule has 0 bridgehead atoms. The average molecular weight is 403 g/mol. The van der Waals surface area contributed by atoms with Crippen molar-refractivity contribution < 1.29 is 0 Å². The summed E-state index contributed by atoms with van der Waals surface area (Å²) in [6, 6.07) is 17.5. The molecule has 4 nitrogen and oxygen atoms in total. The van der Waals surface area contributed by atoms with Crippen LogP contribution < -0.4 is 0 Å². The van der Waals surface area contributed by atoms with Crippen LogP contribution in [-0.2, 0) is 0 Å². The molecule has 3 aromatic rings. The molecular weight excluding hydrogens is 376 g/mol. The monoisotopic (exact) mass is 402 g/mol. The van der Waals surface area contributed by atoms with E-state index in [9.17, 15) is 0 Å². The van der Waals surface area contributed by atoms with E-state index < -0.39 is 0 Å². The van der Waals surface area contributed by atoms with E-state index in [1.165, 1.54) is 33.4 Å². The zero-order chi connectivity index (χ0) is 20.1. The van der Waals surface area contributed by atoms with Crippen LogP contribution in [0.5, 0.6) is 0 Å². The fourth-order valence-corrected chi connectivity index (χ4v) is 5.73. The Balaban J connectivity index is 1.62. The Labute approximate surface area is 176 Å². The van der Waals surface area contributed by atoms with Crippen LogP contribution in [0, 0.1) is 20.8 Å². The first-order chi connectivity index (χ1) is 14.0. The Morgan fingerprint density at radius 2 is 1.83 bits per heavy atom. The normalized spacial score (nSPS) is 23.4. The van der Waals surface area contributed by atoms with Gasteiger partial charge in [0, 0.05) is 35.1 Å². The van der Waals surface area contributed by atoms with E-state index >= 15 is 0 Å². The summed E-state index contributed by atoms with van der Waals surface area (Å²) in [5.74, 6) is 0. The van der Waals surface area contributed by atoms with E-state index in [1.807, 2.05) is 24.0 Å². The van der Waals surface area contributed by atoms with Crippen molar-refractivity contribution in [3.8, 4) is 5.69 Å². The van der Waals surface area contributed by atoms with Gasteiger partial charge in [0.1, 0.15) is 6.04 Å². The highest BCUT2D eigenvalue weighted by molar-refractivity contribution is 8.14. The lowest BCUT2D eigenvalue weighted by molar-refractivity contribution is 0.320. The first-order valence-corrected chi connectivity index (χ1v) is 11.1. The van der Waals surface area contributed by atoms with Crippen LogP contribution in [0.15, 0.2) is 59.7 Å². The zero-order valence-corrected chi connectivity index (χ0v) is 18.1. The molecule has 0 spiro atoms. The van der Waals surface area contributed by atoms with Crippen LogP contribution in [-0.4, -0.2) is 31.4 Å². The Morgan fingerprint density at radius 3 is 2.55 bits per heavy atom. The van der Waals surface area contributed by atoms with Crippen molar-refractivity contribution >= 4 is 16.9 Å². The number of hydrogen-bond donors (Lipinski definition) is 0. The number of aromatic nitrogens is 2. The van der Waals surface area contributed by atoms with E-state index in [4.69, 9.17) is 4.99 Å². The summed E-state index contributed by atoms with van der Waals surface area (Å²) in [5.41, 5.74) is 7.45. The van der Waals surface area contributed by atoms with E-state index in [2.05, 4.69) is 84.6 Å². The van der Waals surface area contributed by atoms with Crippen LogP contribution in [0.2, 0.25) is 0 Å². The molecule has 2 aromatic heterocycles. The summed E-state index contributed by atoms with van der Waals surface area (Å²) >= 11 is 1.89. The Bertz CT molecular complexity index is 1070. The molecular formula is C24H26N4S. The minimum Gasteiger partial charge on any atom is -0.341 e. The second-order valence-electron chi connectivity index (χ2n) is 8.13. The molecule has 1 aromatic carbocycles. The fourth-order valence-electron chi connectivity index (χ4n) is 4.63. The fraction of sp³-hybridized carbons (Fsp3) is 0.333. The molecule has 0 radical (unpaired) electrons. The lowest BCUT2D eigenvalue weighted by Crippen LogP contribution is -2.28. The molecule has 2 aliphatic rings. The maximum absolute atomic E-state index is 5.13. The van der Waals surface area contributed by atoms with Gasteiger partial charge < -0.3 is 9.47 Å². The number of fused-ring (bicyclic) bond motifs is 1. The number of amidine groups is 1. The van der Waals surface area contributed by atoms with Gasteiger partial charge >= 0.3 is 0 Å². The van der Waals surface area contributed by atoms with Crippen molar-refractivity contribution in [3.05, 3.63) is 82.9 Å². The van der Waals surface area contributed by atoms with Gasteiger partial charge in [0.2, 0.25) is 0 Å². The lowest BCUT2D eigenvalue weighted by Gasteiger charge is -2.27. The predicted molar refractivity (Wildman–Crippen MR) is 121 cm³/mol. The smallest absolute Gasteiger partial charge is 0.160 e. The third kappa shape index (κ3) is 3.08. The summed E-state index contributed by atoms with van der Waals surface area (Å²) in [5, 5.41) is 1.74. The van der Waals surface area contributed by atoms with Crippen LogP contribution in [0.1, 0.15) is 47.2 Å². The van der Waals surface area contributed by atoms with Gasteiger partial charge in [-0.05, 0) is 56.7 Å². The van der Waals surface area contributed by atoms with Gasteiger partial charge in [0.15, 0.2) is 5.17 Å². The summed E-state index contributed by atoms with van der Waals surface area (Å²) < 4.78 is 2.37. The molecule has 5 rings (SSSR count). The second-order valence-corrected chi connectivity index (χ2v) is 9.54. The van der Waals surface area contributed by atoms with Crippen LogP contribution in [0.4, 0.5) is 0 Å². The molecule has 0 amide bonds. The molecule has 5 heteroatoms. The number of hydrogen-bond acceptors (Lipinski definition) is 4. The number of rotatable bonds is 3. The third-order valence-corrected chi connectivity index (χ3v) is 7.06. The van der Waals surface area contributed by atoms with Gasteiger partial charge in [-0.25, -0.2) is 0 Å². The Hall–Kier alpha value is -2.53. The summed E-state index contributed by atoms with van der Waals surface area (Å²) in [4.78, 5) is 12.3. The van der Waals surface area contributed by atoms with Crippen molar-refractivity contribution in [1.29, 1.82) is 0 Å². The van der Waals surface area contributed by atoms with Gasteiger partial charge in [0.25, 0.3) is 0 Å². The molecule has 4 heterocycles. The largest absolute Gasteiger partial charge is 0.341 e. The van der Waals surface area contributed by atoms with Gasteiger partial charge in [-0.3, -0.25) is 9.98 Å². The number of aryl methyl sites for hydroxylation is 2. The SMILES string of the molecule is Cc1ccc(-n2c(C)cc(C3C(c4ccccn4)N=C4SC(C)CN43)c2C)cc1. The van der Waals surface area contributed by atoms with E-state index in [1.54, 1.807) is 0 Å². The zero-order valence-electron chi connectivity index (χ0n) is 17.3. The molecule has 3 atom stereocenters. The highest BCUT2D eigenvalue weighted by atomic mass is 32.2. The maximum Gasteiger partial charge on any atom is 0.160 e. The van der Waals surface area contributed by atoms with E-state index in [0.29, 0.717) is 5.25 Å². The van der Waals surface area contributed by atoms with Crippen LogP contribution >= 0.6 is 11.8 Å². The highest BCUT2D eigenvalue weighted by Crippen LogP contribution is 2.48. The minimum atomic E-state index is 0.0400. The second kappa shape index (κ2) is 7.06. The summed E-state index contributed by atoms with van der Waals surface area (Å²) in [7, 11) is 0. The number of benzene rings is 1. The molecule has 3 unspecified atom stereocenters. The van der Waals surface area contributed by atoms with Crippen LogP contribution in [0.25, 0.3) is 5.69 Å². The lowest BCUT2D eigenvalue weighted by atomic mass is 9.96. The standard InChI is InChI=1S/C24H26N4S/c1-15-8-10-19(11-9-15)28-16(2)13-20(18(28)4)23-22(21-7-5-6-12-25-21)26-24-27(23)14-17(3)29-24/h5-13,17,22-23H,14H2,1-4H3. The number of aliphatic imine (C=N–C) groups is 1. The molecule has 148 valence electrons. The summed E-state index contributed by atoms with van der Waals surface area (Å²) in [6.45, 7) is 9.89. The first-order valence-electron chi connectivity index (χ1n) is 10.2. The van der Waals surface area contributed by atoms with Gasteiger partial charge in [0.05, 0.1) is 11.7 Å². The van der Waals surface area contributed by atoms with Crippen molar-refractivity contribution in [1.82, 2.24) is 14.5 Å². The number of thioether (sulfide) groups is 1. The Kier molecular flexibility index (Phi) is 4.50. The maximum atomic E-state index is 5.13. The predicted octanol–water partition coefficient (Wildman–Crippen LogP) is 5.39. The molecule has 1 fully saturated rings. The topological polar surface area (TPSA) is 33.4 Å². The van der Waals surface area contributed by atoms with Crippen LogP contribution in [0.3, 0.4) is 0 Å². The van der Waals surface area contributed by atoms with Crippen molar-refractivity contribution in [3.63, 3.8) is 0 Å². The van der Waals surface area contributed by atoms with Gasteiger partial charge in [-0.15, -0.1) is 0 Å². The van der Waals surface area contributed by atoms with E-state index in [-0.39, 0.29) is 12.1 Å². The number of nitrogens with zero attached hydrogens (tertiary/aromatic N) is 4. The molecule has 0 aliphatic carbocycles. The molecule has 29 heavy (non-hydrogen) atoms. The van der Waals surface area contributed by atoms with Crippen molar-refractivity contribution in [2.24, 2.45) is 4.99 Å². The summed E-state index contributed by atoms with van der Waals surface area (Å²) in [6.07, 6.45) is 1.88. The van der Waals surface area contributed by atoms with Gasteiger partial charge in [-0.2, -0.15) is 0 Å². The molecule has 1 saturated heterocycles. The number of pyridine rings is 1.